The van der Waals surface area contributed by atoms with Gasteiger partial charge >= 0.3 is 5.97 Å². The maximum absolute atomic E-state index is 12.2. The van der Waals surface area contributed by atoms with Crippen LogP contribution in [0.2, 0.25) is 0 Å². The van der Waals surface area contributed by atoms with Crippen LogP contribution in [0.3, 0.4) is 0 Å². The fourth-order valence-electron chi connectivity index (χ4n) is 1.72. The van der Waals surface area contributed by atoms with Crippen LogP contribution >= 0.6 is 11.8 Å². The zero-order valence-corrected chi connectivity index (χ0v) is 13.8. The SMILES string of the molecule is COC(=O)[C@H](CSc1nnn[nH]1)NS(=O)(=O)Cc1ccccc1. The van der Waals surface area contributed by atoms with Gasteiger partial charge in [-0.3, -0.25) is 4.79 Å². The zero-order chi connectivity index (χ0) is 16.7. The molecular weight excluding hydrogens is 342 g/mol. The van der Waals surface area contributed by atoms with E-state index in [-0.39, 0.29) is 11.5 Å². The van der Waals surface area contributed by atoms with E-state index in [1.807, 2.05) is 0 Å². The molecule has 0 aliphatic carbocycles. The predicted molar refractivity (Wildman–Crippen MR) is 82.9 cm³/mol. The summed E-state index contributed by atoms with van der Waals surface area (Å²) in [4.78, 5) is 11.8. The second-order valence-electron chi connectivity index (χ2n) is 4.46. The molecule has 124 valence electrons. The third-order valence-electron chi connectivity index (χ3n) is 2.72. The number of sulfonamides is 1. The van der Waals surface area contributed by atoms with Crippen LogP contribution in [0.25, 0.3) is 0 Å². The van der Waals surface area contributed by atoms with Crippen molar-refractivity contribution >= 4 is 27.8 Å². The Hall–Kier alpha value is -1.98. The largest absolute Gasteiger partial charge is 0.468 e. The second-order valence-corrected chi connectivity index (χ2v) is 7.22. The number of rotatable bonds is 8. The van der Waals surface area contributed by atoms with Gasteiger partial charge in [-0.25, -0.2) is 13.5 Å². The summed E-state index contributed by atoms with van der Waals surface area (Å²) in [6, 6.07) is 7.64. The van der Waals surface area contributed by atoms with Gasteiger partial charge in [0.05, 0.1) is 12.9 Å². The predicted octanol–water partition coefficient (Wildman–Crippen LogP) is -0.0470. The number of ether oxygens (including phenoxy) is 1. The number of H-pyrrole nitrogens is 1. The molecule has 9 nitrogen and oxygen atoms in total. The molecule has 1 aromatic carbocycles. The molecule has 1 atom stereocenters. The van der Waals surface area contributed by atoms with Crippen molar-refractivity contribution in [1.29, 1.82) is 0 Å². The average molecular weight is 357 g/mol. The maximum atomic E-state index is 12.2. The van der Waals surface area contributed by atoms with Gasteiger partial charge in [-0.05, 0) is 16.0 Å². The summed E-state index contributed by atoms with van der Waals surface area (Å²) in [5, 5.41) is 13.3. The molecule has 11 heteroatoms. The molecule has 0 aliphatic heterocycles. The molecule has 0 amide bonds. The molecule has 0 aliphatic rings. The molecule has 0 saturated heterocycles. The summed E-state index contributed by atoms with van der Waals surface area (Å²) in [6.45, 7) is 0. The number of benzene rings is 1. The van der Waals surface area contributed by atoms with Gasteiger partial charge in [0.25, 0.3) is 0 Å². The smallest absolute Gasteiger partial charge is 0.324 e. The highest BCUT2D eigenvalue weighted by atomic mass is 32.2. The lowest BCUT2D eigenvalue weighted by Crippen LogP contribution is -2.43. The van der Waals surface area contributed by atoms with Crippen LogP contribution in [-0.2, 0) is 25.3 Å². The standard InChI is InChI=1S/C12H15N5O4S2/c1-21-11(18)10(7-22-12-13-16-17-14-12)15-23(19,20)8-9-5-3-2-4-6-9/h2-6,10,15H,7-8H2,1H3,(H,13,14,16,17)/t10-/m0/s1. The summed E-state index contributed by atoms with van der Waals surface area (Å²) in [6.07, 6.45) is 0. The van der Waals surface area contributed by atoms with E-state index in [2.05, 4.69) is 30.1 Å². The molecule has 1 aromatic heterocycles. The Bertz CT molecular complexity index is 721. The quantitative estimate of drug-likeness (QED) is 0.497. The molecule has 0 fully saturated rings. The van der Waals surface area contributed by atoms with E-state index >= 15 is 0 Å². The van der Waals surface area contributed by atoms with Gasteiger partial charge in [0.15, 0.2) is 0 Å². The molecule has 2 aromatic rings. The average Bonchev–Trinajstić information content (AvgIpc) is 3.04. The van der Waals surface area contributed by atoms with Crippen molar-refractivity contribution < 1.29 is 17.9 Å². The number of aromatic nitrogens is 4. The lowest BCUT2D eigenvalue weighted by Gasteiger charge is -2.15. The van der Waals surface area contributed by atoms with Crippen LogP contribution in [0.15, 0.2) is 35.5 Å². The van der Waals surface area contributed by atoms with Gasteiger partial charge in [0.2, 0.25) is 15.2 Å². The molecule has 0 saturated carbocycles. The summed E-state index contributed by atoms with van der Waals surface area (Å²) in [5.41, 5.74) is 0.621. The number of carbonyl (C=O) groups is 1. The van der Waals surface area contributed by atoms with Gasteiger partial charge in [-0.1, -0.05) is 42.1 Å². The van der Waals surface area contributed by atoms with Crippen molar-refractivity contribution in [2.45, 2.75) is 17.0 Å². The number of nitrogens with one attached hydrogen (secondary N) is 2. The van der Waals surface area contributed by atoms with Crippen molar-refractivity contribution in [2.75, 3.05) is 12.9 Å². The molecule has 0 radical (unpaired) electrons. The second kappa shape index (κ2) is 8.04. The third-order valence-corrected chi connectivity index (χ3v) is 5.02. The number of hydrogen-bond donors (Lipinski definition) is 2. The number of thioether (sulfide) groups is 1. The highest BCUT2D eigenvalue weighted by molar-refractivity contribution is 7.99. The fraction of sp³-hybridized carbons (Fsp3) is 0.333. The monoisotopic (exact) mass is 357 g/mol. The number of methoxy groups -OCH3 is 1. The Morgan fingerprint density at radius 1 is 1.39 bits per heavy atom. The minimum Gasteiger partial charge on any atom is -0.468 e. The number of nitrogens with zero attached hydrogens (tertiary/aromatic N) is 3. The zero-order valence-electron chi connectivity index (χ0n) is 12.2. The van der Waals surface area contributed by atoms with Crippen LogP contribution in [-0.4, -0.2) is 53.9 Å². The van der Waals surface area contributed by atoms with Gasteiger partial charge in [0.1, 0.15) is 6.04 Å². The topological polar surface area (TPSA) is 127 Å². The summed E-state index contributed by atoms with van der Waals surface area (Å²) < 4.78 is 31.4. The fourth-order valence-corrected chi connectivity index (χ4v) is 3.90. The first-order valence-corrected chi connectivity index (χ1v) is 9.12. The number of esters is 1. The summed E-state index contributed by atoms with van der Waals surface area (Å²) in [7, 11) is -2.51. The number of carbonyl (C=O) groups excluding carboxylic acids is 1. The first-order chi connectivity index (χ1) is 11.0. The Morgan fingerprint density at radius 2 is 2.13 bits per heavy atom. The maximum Gasteiger partial charge on any atom is 0.324 e. The highest BCUT2D eigenvalue weighted by Gasteiger charge is 2.26. The Labute approximate surface area is 137 Å². The van der Waals surface area contributed by atoms with E-state index in [0.29, 0.717) is 10.7 Å². The number of tetrazole rings is 1. The normalized spacial score (nSPS) is 12.7. The number of aromatic amines is 1. The van der Waals surface area contributed by atoms with E-state index in [4.69, 9.17) is 0 Å². The summed E-state index contributed by atoms with van der Waals surface area (Å²) >= 11 is 1.11. The van der Waals surface area contributed by atoms with E-state index < -0.39 is 22.0 Å². The Morgan fingerprint density at radius 3 is 2.74 bits per heavy atom. The molecule has 0 spiro atoms. The van der Waals surface area contributed by atoms with E-state index in [1.54, 1.807) is 30.3 Å². The van der Waals surface area contributed by atoms with Gasteiger partial charge in [-0.2, -0.15) is 4.72 Å². The molecule has 2 N–H and O–H groups in total. The molecule has 0 bridgehead atoms. The van der Waals surface area contributed by atoms with Crippen LogP contribution in [0, 0.1) is 0 Å². The summed E-state index contributed by atoms with van der Waals surface area (Å²) in [5.74, 6) is -0.811. The molecule has 0 unspecified atom stereocenters. The van der Waals surface area contributed by atoms with Gasteiger partial charge in [0, 0.05) is 5.75 Å². The Balaban J connectivity index is 2.02. The lowest BCUT2D eigenvalue weighted by atomic mass is 10.2. The molecular formula is C12H15N5O4S2. The van der Waals surface area contributed by atoms with Crippen molar-refractivity contribution in [1.82, 2.24) is 25.3 Å². The van der Waals surface area contributed by atoms with Gasteiger partial charge in [-0.15, -0.1) is 5.10 Å². The van der Waals surface area contributed by atoms with Crippen molar-refractivity contribution in [3.63, 3.8) is 0 Å². The van der Waals surface area contributed by atoms with Crippen LogP contribution < -0.4 is 4.72 Å². The van der Waals surface area contributed by atoms with Crippen LogP contribution in [0.5, 0.6) is 0 Å². The van der Waals surface area contributed by atoms with Crippen molar-refractivity contribution in [3.8, 4) is 0 Å². The highest BCUT2D eigenvalue weighted by Crippen LogP contribution is 2.13. The molecule has 1 heterocycles. The minimum absolute atomic E-state index is 0.0948. The lowest BCUT2D eigenvalue weighted by molar-refractivity contribution is -0.141. The minimum atomic E-state index is -3.71. The van der Waals surface area contributed by atoms with Crippen molar-refractivity contribution in [2.24, 2.45) is 0 Å². The van der Waals surface area contributed by atoms with Crippen molar-refractivity contribution in [3.05, 3.63) is 35.9 Å². The molecule has 23 heavy (non-hydrogen) atoms. The van der Waals surface area contributed by atoms with Gasteiger partial charge < -0.3 is 4.74 Å². The number of hydrogen-bond acceptors (Lipinski definition) is 8. The molecule has 2 rings (SSSR count). The third kappa shape index (κ3) is 5.62. The van der Waals surface area contributed by atoms with Crippen LogP contribution in [0.1, 0.15) is 5.56 Å². The van der Waals surface area contributed by atoms with E-state index in [1.165, 1.54) is 7.11 Å². The first kappa shape index (κ1) is 17.4. The first-order valence-electron chi connectivity index (χ1n) is 6.48. The van der Waals surface area contributed by atoms with E-state index in [9.17, 15) is 13.2 Å². The Kier molecular flexibility index (Phi) is 6.07. The van der Waals surface area contributed by atoms with E-state index in [0.717, 1.165) is 11.8 Å². The van der Waals surface area contributed by atoms with Crippen LogP contribution in [0.4, 0.5) is 0 Å².